The van der Waals surface area contributed by atoms with Crippen LogP contribution in [0.1, 0.15) is 47.3 Å². The molecule has 0 bridgehead atoms. The van der Waals surface area contributed by atoms with Crippen LogP contribution in [0.2, 0.25) is 0 Å². The third kappa shape index (κ3) is 6.82. The molecule has 2 rings (SSSR count). The van der Waals surface area contributed by atoms with E-state index in [1.54, 1.807) is 14.2 Å². The number of aliphatic imine (C=N–C) groups is 1. The molecule has 0 aliphatic heterocycles. The number of carbonyl (C=O) groups excluding carboxylic acids is 1. The summed E-state index contributed by atoms with van der Waals surface area (Å²) in [7, 11) is 3.41. The first-order valence-corrected chi connectivity index (χ1v) is 9.94. The summed E-state index contributed by atoms with van der Waals surface area (Å²) in [5.41, 5.74) is 3.89. The summed E-state index contributed by atoms with van der Waals surface area (Å²) in [5.74, 6) is 1.49. The van der Waals surface area contributed by atoms with Crippen LogP contribution in [0.5, 0.6) is 5.75 Å². The lowest BCUT2D eigenvalue weighted by molar-refractivity contribution is 0.0939. The lowest BCUT2D eigenvalue weighted by Gasteiger charge is -2.15. The Hall–Kier alpha value is -3.02. The zero-order valence-electron chi connectivity index (χ0n) is 18.0. The van der Waals surface area contributed by atoms with Crippen molar-refractivity contribution in [1.82, 2.24) is 16.0 Å². The quantitative estimate of drug-likeness (QED) is 0.472. The second-order valence-corrected chi connectivity index (χ2v) is 7.08. The van der Waals surface area contributed by atoms with Crippen LogP contribution in [0.15, 0.2) is 47.5 Å². The van der Waals surface area contributed by atoms with E-state index in [0.717, 1.165) is 28.9 Å². The molecule has 0 radical (unpaired) electrons. The summed E-state index contributed by atoms with van der Waals surface area (Å²) in [5, 5.41) is 9.59. The van der Waals surface area contributed by atoms with Crippen molar-refractivity contribution in [3.05, 3.63) is 64.7 Å². The maximum absolute atomic E-state index is 12.3. The normalized spacial score (nSPS) is 12.2. The van der Waals surface area contributed by atoms with Gasteiger partial charge in [0.05, 0.1) is 7.11 Å². The molecule has 1 atom stereocenters. The number of carbonyl (C=O) groups is 1. The van der Waals surface area contributed by atoms with Crippen molar-refractivity contribution in [3.8, 4) is 5.75 Å². The topological polar surface area (TPSA) is 74.8 Å². The molecule has 1 amide bonds. The SMILES string of the molecule is CCC(C)NC(=O)c1cccc(CNC(=NC)NCc2ccc(C)cc2OC)c1. The van der Waals surface area contributed by atoms with Crippen LogP contribution in [0.3, 0.4) is 0 Å². The monoisotopic (exact) mass is 396 g/mol. The number of methoxy groups -OCH3 is 1. The summed E-state index contributed by atoms with van der Waals surface area (Å²) in [6, 6.07) is 13.9. The van der Waals surface area contributed by atoms with E-state index in [1.807, 2.05) is 50.2 Å². The Morgan fingerprint density at radius 1 is 1.14 bits per heavy atom. The highest BCUT2D eigenvalue weighted by Crippen LogP contribution is 2.19. The van der Waals surface area contributed by atoms with Gasteiger partial charge in [-0.25, -0.2) is 0 Å². The number of nitrogens with one attached hydrogen (secondary N) is 3. The number of nitrogens with zero attached hydrogens (tertiary/aromatic N) is 1. The van der Waals surface area contributed by atoms with E-state index in [2.05, 4.69) is 33.9 Å². The van der Waals surface area contributed by atoms with E-state index < -0.39 is 0 Å². The number of benzene rings is 2. The molecule has 29 heavy (non-hydrogen) atoms. The molecule has 2 aromatic rings. The van der Waals surface area contributed by atoms with Crippen molar-refractivity contribution >= 4 is 11.9 Å². The van der Waals surface area contributed by atoms with Crippen molar-refractivity contribution in [2.75, 3.05) is 14.2 Å². The Balaban J connectivity index is 1.94. The highest BCUT2D eigenvalue weighted by Gasteiger charge is 2.09. The van der Waals surface area contributed by atoms with Gasteiger partial charge >= 0.3 is 0 Å². The molecule has 6 nitrogen and oxygen atoms in total. The van der Waals surface area contributed by atoms with Gasteiger partial charge in [-0.05, 0) is 49.6 Å². The molecule has 0 spiro atoms. The third-order valence-corrected chi connectivity index (χ3v) is 4.75. The minimum atomic E-state index is -0.0461. The molecule has 156 valence electrons. The summed E-state index contributed by atoms with van der Waals surface area (Å²) in [6.07, 6.45) is 0.904. The Kier molecular flexibility index (Phi) is 8.52. The molecule has 0 fully saturated rings. The van der Waals surface area contributed by atoms with Gasteiger partial charge in [0.2, 0.25) is 0 Å². The number of guanidine groups is 1. The zero-order valence-corrected chi connectivity index (χ0v) is 18.0. The van der Waals surface area contributed by atoms with Crippen molar-refractivity contribution in [3.63, 3.8) is 0 Å². The van der Waals surface area contributed by atoms with E-state index in [9.17, 15) is 4.79 Å². The van der Waals surface area contributed by atoms with Gasteiger partial charge in [0.1, 0.15) is 5.75 Å². The summed E-state index contributed by atoms with van der Waals surface area (Å²) < 4.78 is 5.45. The first-order chi connectivity index (χ1) is 14.0. The fourth-order valence-electron chi connectivity index (χ4n) is 2.81. The van der Waals surface area contributed by atoms with Gasteiger partial charge in [0.25, 0.3) is 5.91 Å². The Labute approximate surface area is 173 Å². The molecule has 0 aromatic heterocycles. The number of aryl methyl sites for hydroxylation is 1. The maximum Gasteiger partial charge on any atom is 0.251 e. The van der Waals surface area contributed by atoms with E-state index >= 15 is 0 Å². The number of ether oxygens (including phenoxy) is 1. The van der Waals surface area contributed by atoms with Gasteiger partial charge in [-0.15, -0.1) is 0 Å². The number of amides is 1. The number of rotatable bonds is 8. The fraction of sp³-hybridized carbons (Fsp3) is 0.391. The van der Waals surface area contributed by atoms with Crippen molar-refractivity contribution < 1.29 is 9.53 Å². The van der Waals surface area contributed by atoms with Crippen LogP contribution in [-0.2, 0) is 13.1 Å². The van der Waals surface area contributed by atoms with Crippen LogP contribution >= 0.6 is 0 Å². The first kappa shape index (κ1) is 22.3. The molecule has 3 N–H and O–H groups in total. The lowest BCUT2D eigenvalue weighted by atomic mass is 10.1. The zero-order chi connectivity index (χ0) is 21.2. The number of hydrogen-bond acceptors (Lipinski definition) is 3. The van der Waals surface area contributed by atoms with E-state index in [0.29, 0.717) is 24.6 Å². The summed E-state index contributed by atoms with van der Waals surface area (Å²) >= 11 is 0. The second-order valence-electron chi connectivity index (χ2n) is 7.08. The largest absolute Gasteiger partial charge is 0.496 e. The molecule has 1 unspecified atom stereocenters. The minimum absolute atomic E-state index is 0.0461. The van der Waals surface area contributed by atoms with Crippen molar-refractivity contribution in [2.24, 2.45) is 4.99 Å². The average molecular weight is 397 g/mol. The molecule has 0 saturated carbocycles. The minimum Gasteiger partial charge on any atom is -0.496 e. The van der Waals surface area contributed by atoms with Crippen LogP contribution < -0.4 is 20.7 Å². The highest BCUT2D eigenvalue weighted by molar-refractivity contribution is 5.94. The van der Waals surface area contributed by atoms with E-state index in [4.69, 9.17) is 4.74 Å². The second kappa shape index (κ2) is 11.1. The highest BCUT2D eigenvalue weighted by atomic mass is 16.5. The summed E-state index contributed by atoms with van der Waals surface area (Å²) in [4.78, 5) is 16.6. The van der Waals surface area contributed by atoms with Crippen LogP contribution in [0.25, 0.3) is 0 Å². The average Bonchev–Trinajstić information content (AvgIpc) is 2.74. The molecule has 0 heterocycles. The van der Waals surface area contributed by atoms with Gasteiger partial charge in [-0.2, -0.15) is 0 Å². The van der Waals surface area contributed by atoms with Crippen molar-refractivity contribution in [1.29, 1.82) is 0 Å². The molecule has 6 heteroatoms. The summed E-state index contributed by atoms with van der Waals surface area (Å²) in [6.45, 7) is 7.26. The van der Waals surface area contributed by atoms with Crippen LogP contribution in [-0.4, -0.2) is 32.1 Å². The third-order valence-electron chi connectivity index (χ3n) is 4.75. The van der Waals surface area contributed by atoms with Gasteiger partial charge in [-0.1, -0.05) is 31.2 Å². The van der Waals surface area contributed by atoms with Gasteiger partial charge in [0.15, 0.2) is 5.96 Å². The van der Waals surface area contributed by atoms with Gasteiger partial charge in [-0.3, -0.25) is 9.79 Å². The Bertz CT molecular complexity index is 849. The molecule has 0 saturated heterocycles. The van der Waals surface area contributed by atoms with Gasteiger partial charge in [0, 0.05) is 37.3 Å². The predicted molar refractivity (Wildman–Crippen MR) is 118 cm³/mol. The van der Waals surface area contributed by atoms with Gasteiger partial charge < -0.3 is 20.7 Å². The van der Waals surface area contributed by atoms with Crippen LogP contribution in [0, 0.1) is 6.92 Å². The predicted octanol–water partition coefficient (Wildman–Crippen LogP) is 3.40. The van der Waals surface area contributed by atoms with E-state index in [1.165, 1.54) is 0 Å². The molecule has 2 aromatic carbocycles. The number of hydrogen-bond donors (Lipinski definition) is 3. The molecular formula is C23H32N4O2. The van der Waals surface area contributed by atoms with Crippen LogP contribution in [0.4, 0.5) is 0 Å². The maximum atomic E-state index is 12.3. The fourth-order valence-corrected chi connectivity index (χ4v) is 2.81. The molecule has 0 aliphatic rings. The first-order valence-electron chi connectivity index (χ1n) is 9.94. The Morgan fingerprint density at radius 3 is 2.59 bits per heavy atom. The Morgan fingerprint density at radius 2 is 1.90 bits per heavy atom. The lowest BCUT2D eigenvalue weighted by Crippen LogP contribution is -2.36. The standard InChI is InChI=1S/C23H32N4O2/c1-6-17(3)27-22(28)19-9-7-8-18(13-19)14-25-23(24-4)26-15-20-11-10-16(2)12-21(20)29-5/h7-13,17H,6,14-15H2,1-5H3,(H,27,28)(H2,24,25,26). The molecule has 0 aliphatic carbocycles. The molecular weight excluding hydrogens is 364 g/mol. The van der Waals surface area contributed by atoms with E-state index in [-0.39, 0.29) is 11.9 Å². The smallest absolute Gasteiger partial charge is 0.251 e. The van der Waals surface area contributed by atoms with Crippen molar-refractivity contribution in [2.45, 2.75) is 46.3 Å².